The van der Waals surface area contributed by atoms with Crippen LogP contribution in [0.25, 0.3) is 0 Å². The van der Waals surface area contributed by atoms with Crippen molar-refractivity contribution >= 4 is 6.09 Å². The zero-order chi connectivity index (χ0) is 11.6. The number of rotatable bonds is 2. The van der Waals surface area contributed by atoms with Gasteiger partial charge in [-0.05, 0) is 7.05 Å². The summed E-state index contributed by atoms with van der Waals surface area (Å²) in [5, 5.41) is 2.82. The van der Waals surface area contributed by atoms with Crippen molar-refractivity contribution in [3.63, 3.8) is 0 Å². The normalized spacial score (nSPS) is 25.0. The summed E-state index contributed by atoms with van der Waals surface area (Å²) in [6, 6.07) is 0. The molecule has 0 aromatic heterocycles. The summed E-state index contributed by atoms with van der Waals surface area (Å²) in [5.41, 5.74) is -1.35. The van der Waals surface area contributed by atoms with Crippen LogP contribution in [0, 0.1) is 0 Å². The molecule has 0 atom stereocenters. The average molecular weight is 231 g/mol. The highest BCUT2D eigenvalue weighted by atomic mass is 19.1. The summed E-state index contributed by atoms with van der Waals surface area (Å²) in [5.74, 6) is 0. The molecule has 0 aromatic rings. The van der Waals surface area contributed by atoms with Crippen molar-refractivity contribution in [2.75, 3.05) is 52.9 Å². The van der Waals surface area contributed by atoms with Crippen molar-refractivity contribution in [2.24, 2.45) is 0 Å². The fourth-order valence-electron chi connectivity index (χ4n) is 1.77. The van der Waals surface area contributed by atoms with E-state index < -0.39 is 11.8 Å². The summed E-state index contributed by atoms with van der Waals surface area (Å²) in [6.07, 6.45) is -0.392. The van der Waals surface area contributed by atoms with Gasteiger partial charge in [0.05, 0.1) is 0 Å². The maximum absolute atomic E-state index is 13.5. The van der Waals surface area contributed by atoms with Crippen LogP contribution in [0.3, 0.4) is 0 Å². The molecule has 0 radical (unpaired) electrons. The molecule has 0 bridgehead atoms. The second-order valence-corrected chi connectivity index (χ2v) is 4.60. The van der Waals surface area contributed by atoms with E-state index in [1.165, 1.54) is 0 Å². The number of nitrogens with zero attached hydrogens (tertiary/aromatic N) is 2. The van der Waals surface area contributed by atoms with Gasteiger partial charge in [0.25, 0.3) is 0 Å². The third-order valence-corrected chi connectivity index (χ3v) is 3.10. The molecule has 6 heteroatoms. The molecular weight excluding hydrogens is 213 g/mol. The molecule has 1 amide bonds. The Balaban J connectivity index is 1.71. The van der Waals surface area contributed by atoms with Crippen LogP contribution in [-0.2, 0) is 4.74 Å². The lowest BCUT2D eigenvalue weighted by Crippen LogP contribution is -2.59. The topological polar surface area (TPSA) is 44.8 Å². The lowest BCUT2D eigenvalue weighted by Gasteiger charge is -2.36. The van der Waals surface area contributed by atoms with Gasteiger partial charge >= 0.3 is 6.09 Å². The van der Waals surface area contributed by atoms with Gasteiger partial charge in [-0.1, -0.05) is 0 Å². The van der Waals surface area contributed by atoms with Crippen molar-refractivity contribution in [1.29, 1.82) is 0 Å². The minimum absolute atomic E-state index is 0.134. The van der Waals surface area contributed by atoms with E-state index in [2.05, 4.69) is 10.2 Å². The number of likely N-dealkylation sites (N-methyl/N-ethyl adjacent to an activating group) is 1. The van der Waals surface area contributed by atoms with Crippen molar-refractivity contribution in [3.05, 3.63) is 0 Å². The fourth-order valence-corrected chi connectivity index (χ4v) is 1.77. The molecule has 0 unspecified atom stereocenters. The van der Waals surface area contributed by atoms with Crippen LogP contribution in [0.15, 0.2) is 0 Å². The van der Waals surface area contributed by atoms with Crippen molar-refractivity contribution in [2.45, 2.75) is 5.67 Å². The maximum Gasteiger partial charge on any atom is 0.409 e. The monoisotopic (exact) mass is 231 g/mol. The van der Waals surface area contributed by atoms with Gasteiger partial charge in [-0.2, -0.15) is 0 Å². The molecule has 2 rings (SSSR count). The highest BCUT2D eigenvalue weighted by molar-refractivity contribution is 5.67. The average Bonchev–Trinajstić information content (AvgIpc) is 2.24. The van der Waals surface area contributed by atoms with E-state index in [-0.39, 0.29) is 19.7 Å². The van der Waals surface area contributed by atoms with Gasteiger partial charge in [0.2, 0.25) is 0 Å². The molecule has 2 aliphatic heterocycles. The van der Waals surface area contributed by atoms with Crippen LogP contribution in [0.2, 0.25) is 0 Å². The Morgan fingerprint density at radius 2 is 2.00 bits per heavy atom. The van der Waals surface area contributed by atoms with Crippen LogP contribution in [-0.4, -0.2) is 74.5 Å². The lowest BCUT2D eigenvalue weighted by molar-refractivity contribution is -0.00353. The molecule has 0 saturated carbocycles. The molecule has 92 valence electrons. The quantitative estimate of drug-likeness (QED) is 0.707. The highest BCUT2D eigenvalue weighted by Gasteiger charge is 2.39. The number of nitrogens with one attached hydrogen (secondary N) is 1. The SMILES string of the molecule is CN1CCN(C(=O)OCC2(F)CNC2)CC1. The molecule has 0 aromatic carbocycles. The Labute approximate surface area is 94.5 Å². The number of carbonyl (C=O) groups is 1. The van der Waals surface area contributed by atoms with Gasteiger partial charge in [0.1, 0.15) is 6.61 Å². The predicted molar refractivity (Wildman–Crippen MR) is 57.1 cm³/mol. The molecule has 16 heavy (non-hydrogen) atoms. The largest absolute Gasteiger partial charge is 0.446 e. The van der Waals surface area contributed by atoms with Crippen LogP contribution >= 0.6 is 0 Å². The summed E-state index contributed by atoms with van der Waals surface area (Å²) < 4.78 is 18.5. The van der Waals surface area contributed by atoms with E-state index in [0.717, 1.165) is 13.1 Å². The first kappa shape index (κ1) is 11.6. The van der Waals surface area contributed by atoms with Gasteiger partial charge in [-0.15, -0.1) is 0 Å². The van der Waals surface area contributed by atoms with Crippen LogP contribution in [0.5, 0.6) is 0 Å². The molecule has 0 spiro atoms. The Kier molecular flexibility index (Phi) is 3.30. The second kappa shape index (κ2) is 4.55. The van der Waals surface area contributed by atoms with E-state index in [9.17, 15) is 9.18 Å². The standard InChI is InChI=1S/C10H18FN3O2/c1-13-2-4-14(5-3-13)9(15)16-8-10(11)6-12-7-10/h12H,2-8H2,1H3. The van der Waals surface area contributed by atoms with Crippen molar-refractivity contribution in [1.82, 2.24) is 15.1 Å². The third-order valence-electron chi connectivity index (χ3n) is 3.10. The van der Waals surface area contributed by atoms with E-state index >= 15 is 0 Å². The van der Waals surface area contributed by atoms with Crippen molar-refractivity contribution in [3.8, 4) is 0 Å². The number of ether oxygens (including phenoxy) is 1. The summed E-state index contributed by atoms with van der Waals surface area (Å²) in [7, 11) is 2.01. The Morgan fingerprint density at radius 1 is 1.38 bits per heavy atom. The Morgan fingerprint density at radius 3 is 2.50 bits per heavy atom. The Hall–Kier alpha value is -0.880. The minimum Gasteiger partial charge on any atom is -0.446 e. The molecule has 2 heterocycles. The number of alkyl halides is 1. The summed E-state index contributed by atoms with van der Waals surface area (Å²) in [6.45, 7) is 3.44. The minimum atomic E-state index is -1.35. The lowest BCUT2D eigenvalue weighted by atomic mass is 10.0. The van der Waals surface area contributed by atoms with E-state index in [1.807, 2.05) is 7.05 Å². The molecule has 2 saturated heterocycles. The van der Waals surface area contributed by atoms with E-state index in [1.54, 1.807) is 4.90 Å². The maximum atomic E-state index is 13.5. The Bertz CT molecular complexity index is 263. The van der Waals surface area contributed by atoms with Crippen LogP contribution in [0.1, 0.15) is 0 Å². The van der Waals surface area contributed by atoms with Gasteiger partial charge in [0, 0.05) is 39.3 Å². The number of amides is 1. The first-order valence-electron chi connectivity index (χ1n) is 5.59. The zero-order valence-electron chi connectivity index (χ0n) is 9.54. The molecule has 2 fully saturated rings. The van der Waals surface area contributed by atoms with Crippen LogP contribution < -0.4 is 5.32 Å². The predicted octanol–water partition coefficient (Wildman–Crippen LogP) is -0.318. The number of carbonyl (C=O) groups excluding carboxylic acids is 1. The molecule has 2 aliphatic rings. The molecule has 5 nitrogen and oxygen atoms in total. The van der Waals surface area contributed by atoms with Gasteiger partial charge in [0.15, 0.2) is 5.67 Å². The highest BCUT2D eigenvalue weighted by Crippen LogP contribution is 2.17. The summed E-state index contributed by atoms with van der Waals surface area (Å²) >= 11 is 0. The van der Waals surface area contributed by atoms with Gasteiger partial charge in [-0.25, -0.2) is 9.18 Å². The smallest absolute Gasteiger partial charge is 0.409 e. The third kappa shape index (κ3) is 2.62. The molecule has 0 aliphatic carbocycles. The van der Waals surface area contributed by atoms with Gasteiger partial charge < -0.3 is 19.9 Å². The number of hydrogen-bond acceptors (Lipinski definition) is 4. The fraction of sp³-hybridized carbons (Fsp3) is 0.900. The first-order chi connectivity index (χ1) is 7.59. The van der Waals surface area contributed by atoms with Gasteiger partial charge in [-0.3, -0.25) is 0 Å². The number of halogens is 1. The second-order valence-electron chi connectivity index (χ2n) is 4.60. The number of piperazine rings is 1. The van der Waals surface area contributed by atoms with Crippen molar-refractivity contribution < 1.29 is 13.9 Å². The molecule has 1 N–H and O–H groups in total. The first-order valence-corrected chi connectivity index (χ1v) is 5.59. The zero-order valence-corrected chi connectivity index (χ0v) is 9.54. The van der Waals surface area contributed by atoms with E-state index in [0.29, 0.717) is 13.1 Å². The van der Waals surface area contributed by atoms with E-state index in [4.69, 9.17) is 4.74 Å². The summed E-state index contributed by atoms with van der Waals surface area (Å²) in [4.78, 5) is 15.4. The number of hydrogen-bond donors (Lipinski definition) is 1. The molecular formula is C10H18FN3O2. The van der Waals surface area contributed by atoms with Crippen LogP contribution in [0.4, 0.5) is 9.18 Å².